The van der Waals surface area contributed by atoms with E-state index in [0.717, 1.165) is 0 Å². The topological polar surface area (TPSA) is 46.5 Å². The number of rotatable bonds is 1. The van der Waals surface area contributed by atoms with Gasteiger partial charge in [-0.1, -0.05) is 35.7 Å². The minimum Gasteiger partial charge on any atom is -0.450 e. The third-order valence-electron chi connectivity index (χ3n) is 1.91. The Balaban J connectivity index is 2.75. The Morgan fingerprint density at radius 3 is 2.56 bits per heavy atom. The van der Waals surface area contributed by atoms with E-state index in [9.17, 15) is 9.90 Å². The smallest absolute Gasteiger partial charge is 0.384 e. The zero-order valence-corrected chi connectivity index (χ0v) is 11.3. The molecule has 0 aliphatic rings. The van der Waals surface area contributed by atoms with Crippen molar-refractivity contribution in [3.05, 3.63) is 34.9 Å². The molecule has 0 aromatic heterocycles. The van der Waals surface area contributed by atoms with Gasteiger partial charge in [0, 0.05) is 16.5 Å². The lowest BCUT2D eigenvalue weighted by Crippen LogP contribution is -2.22. The highest BCUT2D eigenvalue weighted by Crippen LogP contribution is 2.21. The maximum absolute atomic E-state index is 11.3. The predicted molar refractivity (Wildman–Crippen MR) is 70.0 cm³/mol. The van der Waals surface area contributed by atoms with Gasteiger partial charge >= 0.3 is 5.97 Å². The molecule has 1 aromatic carbocycles. The van der Waals surface area contributed by atoms with E-state index in [1.54, 1.807) is 45.0 Å². The van der Waals surface area contributed by atoms with Crippen molar-refractivity contribution in [1.29, 1.82) is 0 Å². The van der Waals surface area contributed by atoms with Gasteiger partial charge in [-0.05, 0) is 26.8 Å². The Morgan fingerprint density at radius 1 is 1.39 bits per heavy atom. The Bertz CT molecular complexity index is 492. The number of esters is 1. The number of benzene rings is 1. The molecule has 1 atom stereocenters. The molecule has 0 aliphatic heterocycles. The third-order valence-corrected chi connectivity index (χ3v) is 2.25. The van der Waals surface area contributed by atoms with E-state index in [0.29, 0.717) is 10.6 Å². The molecule has 0 aliphatic carbocycles. The molecule has 1 rings (SSSR count). The van der Waals surface area contributed by atoms with E-state index < -0.39 is 17.7 Å². The third kappa shape index (κ3) is 4.79. The van der Waals surface area contributed by atoms with Crippen LogP contribution in [0, 0.1) is 11.8 Å². The van der Waals surface area contributed by atoms with Crippen LogP contribution in [0.4, 0.5) is 0 Å². The van der Waals surface area contributed by atoms with Crippen molar-refractivity contribution in [2.45, 2.75) is 32.5 Å². The summed E-state index contributed by atoms with van der Waals surface area (Å²) in [5, 5.41) is 10.2. The summed E-state index contributed by atoms with van der Waals surface area (Å²) in [7, 11) is 0. The number of carbonyl (C=O) groups excluding carboxylic acids is 1. The van der Waals surface area contributed by atoms with E-state index in [1.807, 2.05) is 0 Å². The highest BCUT2D eigenvalue weighted by Gasteiger charge is 2.15. The van der Waals surface area contributed by atoms with Gasteiger partial charge in [-0.25, -0.2) is 4.79 Å². The first kappa shape index (κ1) is 14.6. The molecular formula is C14H15ClO3. The van der Waals surface area contributed by atoms with E-state index in [-0.39, 0.29) is 0 Å². The van der Waals surface area contributed by atoms with Crippen molar-refractivity contribution in [3.63, 3.8) is 0 Å². The summed E-state index contributed by atoms with van der Waals surface area (Å²) in [4.78, 5) is 11.3. The van der Waals surface area contributed by atoms with Crippen LogP contribution in [-0.2, 0) is 9.53 Å². The highest BCUT2D eigenvalue weighted by molar-refractivity contribution is 6.31. The number of hydrogen-bond donors (Lipinski definition) is 1. The molecule has 18 heavy (non-hydrogen) atoms. The summed E-state index contributed by atoms with van der Waals surface area (Å²) < 4.78 is 5.00. The Kier molecular flexibility index (Phi) is 4.77. The van der Waals surface area contributed by atoms with Crippen LogP contribution in [0.25, 0.3) is 0 Å². The maximum atomic E-state index is 11.3. The molecular weight excluding hydrogens is 252 g/mol. The first-order chi connectivity index (χ1) is 8.29. The lowest BCUT2D eigenvalue weighted by Gasteiger charge is -2.17. The Labute approximate surface area is 112 Å². The number of hydrogen-bond acceptors (Lipinski definition) is 3. The zero-order valence-electron chi connectivity index (χ0n) is 10.5. The van der Waals surface area contributed by atoms with E-state index in [1.165, 1.54) is 0 Å². The van der Waals surface area contributed by atoms with E-state index >= 15 is 0 Å². The zero-order chi connectivity index (χ0) is 13.8. The summed E-state index contributed by atoms with van der Waals surface area (Å²) in [6.45, 7) is 5.24. The van der Waals surface area contributed by atoms with Crippen LogP contribution in [0.15, 0.2) is 24.3 Å². The highest BCUT2D eigenvalue weighted by atomic mass is 35.5. The number of carbonyl (C=O) groups is 1. The van der Waals surface area contributed by atoms with Gasteiger partial charge in [0.1, 0.15) is 11.7 Å². The lowest BCUT2D eigenvalue weighted by molar-refractivity contribution is -0.147. The quantitative estimate of drug-likeness (QED) is 0.483. The first-order valence-electron chi connectivity index (χ1n) is 5.46. The van der Waals surface area contributed by atoms with Gasteiger partial charge in [-0.2, -0.15) is 0 Å². The molecule has 0 saturated carbocycles. The number of ether oxygens (including phenoxy) is 1. The van der Waals surface area contributed by atoms with Crippen LogP contribution >= 0.6 is 11.6 Å². The lowest BCUT2D eigenvalue weighted by atomic mass is 10.1. The van der Waals surface area contributed by atoms with Gasteiger partial charge in [0.15, 0.2) is 0 Å². The second-order valence-electron chi connectivity index (χ2n) is 4.70. The fourth-order valence-electron chi connectivity index (χ4n) is 1.21. The molecule has 0 saturated heterocycles. The van der Waals surface area contributed by atoms with Gasteiger partial charge in [-0.3, -0.25) is 0 Å². The molecule has 0 bridgehead atoms. The van der Waals surface area contributed by atoms with Crippen molar-refractivity contribution in [3.8, 4) is 11.8 Å². The van der Waals surface area contributed by atoms with Crippen LogP contribution in [0.1, 0.15) is 32.4 Å². The standard InChI is InChI=1S/C14H15ClO3/c1-14(2,3)18-13(17)9-8-12(16)10-6-4-5-7-11(10)15/h4-7,12,16H,1-3H3. The summed E-state index contributed by atoms with van der Waals surface area (Å²) in [5.41, 5.74) is -0.128. The van der Waals surface area contributed by atoms with Gasteiger partial charge in [-0.15, -0.1) is 0 Å². The van der Waals surface area contributed by atoms with Crippen LogP contribution in [0.3, 0.4) is 0 Å². The average molecular weight is 267 g/mol. The summed E-state index contributed by atoms with van der Waals surface area (Å²) in [6, 6.07) is 6.78. The predicted octanol–water partition coefficient (Wildman–Crippen LogP) is 2.72. The molecule has 1 N–H and O–H groups in total. The van der Waals surface area contributed by atoms with Crippen LogP contribution in [0.2, 0.25) is 5.02 Å². The monoisotopic (exact) mass is 266 g/mol. The summed E-state index contributed by atoms with van der Waals surface area (Å²) in [5.74, 6) is 3.98. The molecule has 4 heteroatoms. The molecule has 1 aromatic rings. The molecule has 0 fully saturated rings. The van der Waals surface area contributed by atoms with Crippen LogP contribution in [0.5, 0.6) is 0 Å². The fourth-order valence-corrected chi connectivity index (χ4v) is 1.44. The minimum absolute atomic E-state index is 0.406. The second-order valence-corrected chi connectivity index (χ2v) is 5.10. The largest absolute Gasteiger partial charge is 0.450 e. The van der Waals surface area contributed by atoms with Crippen molar-refractivity contribution in [1.82, 2.24) is 0 Å². The SMILES string of the molecule is CC(C)(C)OC(=O)C#CC(O)c1ccccc1Cl. The Morgan fingerprint density at radius 2 is 2.00 bits per heavy atom. The van der Waals surface area contributed by atoms with Gasteiger partial charge in [0.05, 0.1) is 0 Å². The second kappa shape index (κ2) is 5.90. The van der Waals surface area contributed by atoms with Crippen molar-refractivity contribution in [2.75, 3.05) is 0 Å². The molecule has 0 radical (unpaired) electrons. The molecule has 1 unspecified atom stereocenters. The maximum Gasteiger partial charge on any atom is 0.384 e. The van der Waals surface area contributed by atoms with E-state index in [4.69, 9.17) is 16.3 Å². The van der Waals surface area contributed by atoms with Gasteiger partial charge in [0.25, 0.3) is 0 Å². The minimum atomic E-state index is -1.11. The summed E-state index contributed by atoms with van der Waals surface area (Å²) in [6.07, 6.45) is -1.11. The molecule has 0 heterocycles. The van der Waals surface area contributed by atoms with Crippen LogP contribution < -0.4 is 0 Å². The molecule has 0 amide bonds. The molecule has 96 valence electrons. The number of aliphatic hydroxyl groups excluding tert-OH is 1. The number of halogens is 1. The van der Waals surface area contributed by atoms with Crippen molar-refractivity contribution >= 4 is 17.6 Å². The van der Waals surface area contributed by atoms with Gasteiger partial charge < -0.3 is 9.84 Å². The summed E-state index contributed by atoms with van der Waals surface area (Å²) >= 11 is 5.90. The van der Waals surface area contributed by atoms with E-state index in [2.05, 4.69) is 11.8 Å². The Hall–Kier alpha value is -1.50. The fraction of sp³-hybridized carbons (Fsp3) is 0.357. The molecule has 0 spiro atoms. The van der Waals surface area contributed by atoms with Crippen molar-refractivity contribution < 1.29 is 14.6 Å². The first-order valence-corrected chi connectivity index (χ1v) is 5.84. The van der Waals surface area contributed by atoms with Crippen LogP contribution in [-0.4, -0.2) is 16.7 Å². The average Bonchev–Trinajstić information content (AvgIpc) is 2.24. The van der Waals surface area contributed by atoms with Crippen molar-refractivity contribution in [2.24, 2.45) is 0 Å². The normalized spacial score (nSPS) is 12.3. The molecule has 3 nitrogen and oxygen atoms in total. The number of aliphatic hydroxyl groups is 1. The van der Waals surface area contributed by atoms with Gasteiger partial charge in [0.2, 0.25) is 0 Å².